The van der Waals surface area contributed by atoms with Gasteiger partial charge in [-0.25, -0.2) is 0 Å². The minimum atomic E-state index is -0.114. The Morgan fingerprint density at radius 1 is 1.28 bits per heavy atom. The van der Waals surface area contributed by atoms with Crippen LogP contribution in [0.2, 0.25) is 0 Å². The van der Waals surface area contributed by atoms with E-state index in [0.717, 1.165) is 11.3 Å². The fourth-order valence-electron chi connectivity index (χ4n) is 1.29. The van der Waals surface area contributed by atoms with Crippen LogP contribution in [0.25, 0.3) is 0 Å². The molecule has 0 bridgehead atoms. The number of benzene rings is 1. The summed E-state index contributed by atoms with van der Waals surface area (Å²) in [6.45, 7) is 3.01. The van der Waals surface area contributed by atoms with Crippen LogP contribution >= 0.6 is 11.8 Å². The van der Waals surface area contributed by atoms with E-state index in [1.165, 1.54) is 18.7 Å². The van der Waals surface area contributed by atoms with Crippen molar-refractivity contribution in [3.8, 4) is 11.8 Å². The van der Waals surface area contributed by atoms with Crippen LogP contribution < -0.4 is 5.32 Å². The third kappa shape index (κ3) is 5.55. The van der Waals surface area contributed by atoms with E-state index in [9.17, 15) is 9.59 Å². The third-order valence-corrected chi connectivity index (χ3v) is 2.81. The van der Waals surface area contributed by atoms with Crippen molar-refractivity contribution < 1.29 is 9.59 Å². The molecule has 0 spiro atoms. The van der Waals surface area contributed by atoms with E-state index in [4.69, 9.17) is 0 Å². The van der Waals surface area contributed by atoms with Gasteiger partial charge in [-0.05, 0) is 12.1 Å². The molecule has 0 fully saturated rings. The summed E-state index contributed by atoms with van der Waals surface area (Å²) in [6, 6.07) is 7.40. The molecule has 0 atom stereocenters. The van der Waals surface area contributed by atoms with E-state index in [1.807, 2.05) is 24.3 Å². The molecule has 0 radical (unpaired) electrons. The molecule has 1 aromatic rings. The predicted octanol–water partition coefficient (Wildman–Crippen LogP) is 2.67. The van der Waals surface area contributed by atoms with Gasteiger partial charge in [0.15, 0.2) is 5.12 Å². The van der Waals surface area contributed by atoms with Crippen molar-refractivity contribution in [2.24, 2.45) is 0 Å². The summed E-state index contributed by atoms with van der Waals surface area (Å²) < 4.78 is 0. The standard InChI is InChI=1S/C14H15NO2S/c1-11(16)15-14-9-4-3-7-13(14)8-5-6-10-18-12(2)17/h3-4,7,9H,6,10H2,1-2H3,(H,15,16). The van der Waals surface area contributed by atoms with Gasteiger partial charge >= 0.3 is 0 Å². The fraction of sp³-hybridized carbons (Fsp3) is 0.286. The number of hydrogen-bond donors (Lipinski definition) is 1. The van der Waals surface area contributed by atoms with Crippen molar-refractivity contribution in [2.75, 3.05) is 11.1 Å². The first-order valence-electron chi connectivity index (χ1n) is 5.58. The number of rotatable bonds is 3. The monoisotopic (exact) mass is 261 g/mol. The maximum atomic E-state index is 11.0. The first kappa shape index (κ1) is 14.3. The number of anilines is 1. The molecule has 4 heteroatoms. The van der Waals surface area contributed by atoms with Gasteiger partial charge in [0.05, 0.1) is 5.69 Å². The number of nitrogens with one attached hydrogen (secondary N) is 1. The lowest BCUT2D eigenvalue weighted by molar-refractivity contribution is -0.114. The molecule has 1 amide bonds. The van der Waals surface area contributed by atoms with Gasteiger partial charge in [0.2, 0.25) is 5.91 Å². The van der Waals surface area contributed by atoms with E-state index >= 15 is 0 Å². The molecular weight excluding hydrogens is 246 g/mol. The molecule has 3 nitrogen and oxygen atoms in total. The van der Waals surface area contributed by atoms with Crippen molar-refractivity contribution in [1.82, 2.24) is 0 Å². The Kier molecular flexibility index (Phi) is 6.03. The van der Waals surface area contributed by atoms with Gasteiger partial charge in [0, 0.05) is 31.6 Å². The summed E-state index contributed by atoms with van der Waals surface area (Å²) in [5.41, 5.74) is 1.51. The lowest BCUT2D eigenvalue weighted by Crippen LogP contribution is -2.06. The van der Waals surface area contributed by atoms with Crippen molar-refractivity contribution in [2.45, 2.75) is 20.3 Å². The molecule has 0 unspecified atom stereocenters. The van der Waals surface area contributed by atoms with Crippen molar-refractivity contribution in [3.05, 3.63) is 29.8 Å². The molecule has 1 N–H and O–H groups in total. The second kappa shape index (κ2) is 7.57. The Morgan fingerprint density at radius 3 is 2.67 bits per heavy atom. The van der Waals surface area contributed by atoms with Crippen molar-refractivity contribution in [3.63, 3.8) is 0 Å². The molecule has 1 aromatic carbocycles. The predicted molar refractivity (Wildman–Crippen MR) is 75.4 cm³/mol. The summed E-state index contributed by atoms with van der Waals surface area (Å²) >= 11 is 1.27. The summed E-state index contributed by atoms with van der Waals surface area (Å²) in [5, 5.41) is 2.84. The number of carbonyl (C=O) groups excluding carboxylic acids is 2. The molecule has 0 saturated heterocycles. The van der Waals surface area contributed by atoms with Gasteiger partial charge in [0.1, 0.15) is 0 Å². The van der Waals surface area contributed by atoms with Crippen molar-refractivity contribution in [1.29, 1.82) is 0 Å². The summed E-state index contributed by atoms with van der Waals surface area (Å²) in [7, 11) is 0. The van der Waals surface area contributed by atoms with E-state index < -0.39 is 0 Å². The highest BCUT2D eigenvalue weighted by Gasteiger charge is 1.99. The van der Waals surface area contributed by atoms with Gasteiger partial charge in [-0.3, -0.25) is 9.59 Å². The quantitative estimate of drug-likeness (QED) is 0.672. The second-order valence-corrected chi connectivity index (χ2v) is 4.89. The number of thioether (sulfide) groups is 1. The van der Waals surface area contributed by atoms with E-state index in [0.29, 0.717) is 12.2 Å². The van der Waals surface area contributed by atoms with E-state index in [-0.39, 0.29) is 11.0 Å². The van der Waals surface area contributed by atoms with Crippen LogP contribution in [0.5, 0.6) is 0 Å². The highest BCUT2D eigenvalue weighted by Crippen LogP contribution is 2.13. The Balaban J connectivity index is 2.63. The van der Waals surface area contributed by atoms with Crippen LogP contribution in [-0.2, 0) is 9.59 Å². The number of para-hydroxylation sites is 1. The topological polar surface area (TPSA) is 46.2 Å². The normalized spacial score (nSPS) is 9.22. The zero-order valence-corrected chi connectivity index (χ0v) is 11.3. The van der Waals surface area contributed by atoms with Gasteiger partial charge in [-0.2, -0.15) is 0 Å². The minimum Gasteiger partial charge on any atom is -0.325 e. The first-order valence-corrected chi connectivity index (χ1v) is 6.57. The molecule has 0 saturated carbocycles. The van der Waals surface area contributed by atoms with Gasteiger partial charge in [0.25, 0.3) is 0 Å². The zero-order chi connectivity index (χ0) is 13.4. The maximum absolute atomic E-state index is 11.0. The van der Waals surface area contributed by atoms with Gasteiger partial charge < -0.3 is 5.32 Å². The Bertz CT molecular complexity index is 500. The van der Waals surface area contributed by atoms with Crippen molar-refractivity contribution >= 4 is 28.5 Å². The summed E-state index contributed by atoms with van der Waals surface area (Å²) in [4.78, 5) is 21.7. The molecule has 0 heterocycles. The number of carbonyl (C=O) groups is 2. The summed E-state index contributed by atoms with van der Waals surface area (Å²) in [5.74, 6) is 6.58. The third-order valence-electron chi connectivity index (χ3n) is 1.99. The molecule has 94 valence electrons. The van der Waals surface area contributed by atoms with Gasteiger partial charge in [-0.15, -0.1) is 0 Å². The Morgan fingerprint density at radius 2 is 2.00 bits per heavy atom. The molecular formula is C14H15NO2S. The largest absolute Gasteiger partial charge is 0.325 e. The lowest BCUT2D eigenvalue weighted by Gasteiger charge is -2.03. The van der Waals surface area contributed by atoms with Crippen LogP contribution in [-0.4, -0.2) is 16.8 Å². The Labute approximate surface area is 111 Å². The maximum Gasteiger partial charge on any atom is 0.221 e. The average Bonchev–Trinajstić information content (AvgIpc) is 2.29. The second-order valence-electron chi connectivity index (χ2n) is 3.62. The molecule has 0 aromatic heterocycles. The average molecular weight is 261 g/mol. The highest BCUT2D eigenvalue weighted by molar-refractivity contribution is 8.13. The lowest BCUT2D eigenvalue weighted by atomic mass is 10.2. The van der Waals surface area contributed by atoms with Crippen LogP contribution in [0.15, 0.2) is 24.3 Å². The molecule has 0 aliphatic heterocycles. The van der Waals surface area contributed by atoms with E-state index in [1.54, 1.807) is 6.92 Å². The van der Waals surface area contributed by atoms with Crippen LogP contribution in [0, 0.1) is 11.8 Å². The smallest absolute Gasteiger partial charge is 0.221 e. The number of hydrogen-bond acceptors (Lipinski definition) is 3. The molecule has 1 rings (SSSR count). The van der Waals surface area contributed by atoms with Crippen LogP contribution in [0.1, 0.15) is 25.8 Å². The minimum absolute atomic E-state index is 0.107. The molecule has 0 aliphatic carbocycles. The Hall–Kier alpha value is -1.73. The van der Waals surface area contributed by atoms with Crippen LogP contribution in [0.4, 0.5) is 5.69 Å². The number of amides is 1. The first-order chi connectivity index (χ1) is 8.59. The molecule has 0 aliphatic rings. The highest BCUT2D eigenvalue weighted by atomic mass is 32.2. The van der Waals surface area contributed by atoms with Gasteiger partial charge in [-0.1, -0.05) is 35.7 Å². The SMILES string of the molecule is CC(=O)Nc1ccccc1C#CCCSC(C)=O. The van der Waals surface area contributed by atoms with Crippen LogP contribution in [0.3, 0.4) is 0 Å². The summed E-state index contributed by atoms with van der Waals surface area (Å²) in [6.07, 6.45) is 0.651. The zero-order valence-electron chi connectivity index (χ0n) is 10.4. The van der Waals surface area contributed by atoms with E-state index in [2.05, 4.69) is 17.2 Å². The molecule has 18 heavy (non-hydrogen) atoms. The fourth-order valence-corrected chi connectivity index (χ4v) is 1.79.